The van der Waals surface area contributed by atoms with Gasteiger partial charge in [0.15, 0.2) is 0 Å². The van der Waals surface area contributed by atoms with Crippen LogP contribution in [0.1, 0.15) is 16.3 Å². The summed E-state index contributed by atoms with van der Waals surface area (Å²) in [4.78, 5) is 27.8. The van der Waals surface area contributed by atoms with Gasteiger partial charge >= 0.3 is 5.97 Å². The Kier molecular flexibility index (Phi) is 2.91. The third kappa shape index (κ3) is 2.71. The summed E-state index contributed by atoms with van der Waals surface area (Å²) in [6.45, 7) is 0.254. The molecule has 0 spiro atoms. The van der Waals surface area contributed by atoms with Crippen LogP contribution < -0.4 is 10.9 Å². The third-order valence-corrected chi connectivity index (χ3v) is 1.99. The fourth-order valence-electron chi connectivity index (χ4n) is 1.23. The molecule has 2 heterocycles. The lowest BCUT2D eigenvalue weighted by Gasteiger charge is -2.01. The predicted octanol–water partition coefficient (Wildman–Crippen LogP) is 0.673. The first-order valence-corrected chi connectivity index (χ1v) is 4.76. The van der Waals surface area contributed by atoms with Gasteiger partial charge in [0.2, 0.25) is 5.76 Å². The van der Waals surface area contributed by atoms with Gasteiger partial charge in [0.05, 0.1) is 12.9 Å². The number of hydrogen-bond acceptors (Lipinski definition) is 5. The second-order valence-corrected chi connectivity index (χ2v) is 3.22. The van der Waals surface area contributed by atoms with Crippen molar-refractivity contribution in [3.8, 4) is 0 Å². The number of aromatic nitrogens is 2. The number of carbonyl (C=O) groups is 1. The normalized spacial score (nSPS) is 10.1. The molecule has 0 aliphatic heterocycles. The Labute approximate surface area is 95.1 Å². The first-order chi connectivity index (χ1) is 8.15. The zero-order valence-corrected chi connectivity index (χ0v) is 8.64. The minimum absolute atomic E-state index is 0.124. The molecule has 0 bridgehead atoms. The Morgan fingerprint density at radius 1 is 1.53 bits per heavy atom. The molecule has 0 aliphatic rings. The highest BCUT2D eigenvalue weighted by molar-refractivity contribution is 5.84. The number of aromatic carboxylic acids is 1. The molecule has 0 unspecified atom stereocenters. The number of anilines is 1. The summed E-state index contributed by atoms with van der Waals surface area (Å²) in [5.74, 6) is -0.405. The van der Waals surface area contributed by atoms with Crippen LogP contribution in [0, 0.1) is 0 Å². The average Bonchev–Trinajstić information content (AvgIpc) is 2.75. The number of aromatic amines is 1. The van der Waals surface area contributed by atoms with Crippen LogP contribution >= 0.6 is 0 Å². The summed E-state index contributed by atoms with van der Waals surface area (Å²) in [5, 5.41) is 11.5. The lowest BCUT2D eigenvalue weighted by molar-refractivity contribution is 0.0660. The van der Waals surface area contributed by atoms with E-state index in [-0.39, 0.29) is 17.9 Å². The van der Waals surface area contributed by atoms with Crippen LogP contribution in [0.5, 0.6) is 0 Å². The maximum Gasteiger partial charge on any atom is 0.371 e. The largest absolute Gasteiger partial charge is 0.475 e. The van der Waals surface area contributed by atoms with Crippen molar-refractivity contribution >= 4 is 11.8 Å². The number of nitrogens with zero attached hydrogens (tertiary/aromatic N) is 1. The molecular formula is C10H9N3O4. The van der Waals surface area contributed by atoms with Gasteiger partial charge in [0.1, 0.15) is 11.6 Å². The maximum atomic E-state index is 11.0. The van der Waals surface area contributed by atoms with Gasteiger partial charge < -0.3 is 19.8 Å². The number of nitrogens with one attached hydrogen (secondary N) is 2. The van der Waals surface area contributed by atoms with Crippen molar-refractivity contribution in [3.63, 3.8) is 0 Å². The van der Waals surface area contributed by atoms with Gasteiger partial charge in [-0.1, -0.05) is 0 Å². The molecular weight excluding hydrogens is 226 g/mol. The maximum absolute atomic E-state index is 11.0. The summed E-state index contributed by atoms with van der Waals surface area (Å²) < 4.78 is 5.02. The van der Waals surface area contributed by atoms with E-state index in [1.165, 1.54) is 18.5 Å². The average molecular weight is 235 g/mol. The van der Waals surface area contributed by atoms with Gasteiger partial charge in [0.25, 0.3) is 5.56 Å². The highest BCUT2D eigenvalue weighted by Crippen LogP contribution is 2.09. The lowest BCUT2D eigenvalue weighted by atomic mass is 10.4. The standard InChI is InChI=1S/C10H9N3O4/c14-9-3-8(12-5-13-9)11-4-6-1-2-7(17-6)10(15)16/h1-3,5H,4H2,(H,15,16)(H2,11,12,13,14). The molecule has 0 radical (unpaired) electrons. The van der Waals surface area contributed by atoms with Crippen molar-refractivity contribution < 1.29 is 14.3 Å². The number of carboxylic acid groups (broad SMARTS) is 1. The fraction of sp³-hybridized carbons (Fsp3) is 0.100. The van der Waals surface area contributed by atoms with E-state index in [2.05, 4.69) is 15.3 Å². The number of carboxylic acids is 1. The summed E-state index contributed by atoms with van der Waals surface area (Å²) in [7, 11) is 0. The molecule has 3 N–H and O–H groups in total. The Hall–Kier alpha value is -2.57. The fourth-order valence-corrected chi connectivity index (χ4v) is 1.23. The molecule has 0 aliphatic carbocycles. The van der Waals surface area contributed by atoms with Crippen LogP contribution in [-0.4, -0.2) is 21.0 Å². The van der Waals surface area contributed by atoms with E-state index in [1.807, 2.05) is 0 Å². The molecule has 2 rings (SSSR count). The molecule has 7 heteroatoms. The first kappa shape index (κ1) is 10.9. The monoisotopic (exact) mass is 235 g/mol. The van der Waals surface area contributed by atoms with Crippen LogP contribution in [0.2, 0.25) is 0 Å². The van der Waals surface area contributed by atoms with E-state index in [0.717, 1.165) is 0 Å². The van der Waals surface area contributed by atoms with Gasteiger partial charge in [-0.25, -0.2) is 9.78 Å². The Morgan fingerprint density at radius 3 is 3.00 bits per heavy atom. The Balaban J connectivity index is 2.02. The van der Waals surface area contributed by atoms with Crippen molar-refractivity contribution in [1.29, 1.82) is 0 Å². The highest BCUT2D eigenvalue weighted by atomic mass is 16.4. The lowest BCUT2D eigenvalue weighted by Crippen LogP contribution is -2.08. The van der Waals surface area contributed by atoms with Crippen molar-refractivity contribution in [2.45, 2.75) is 6.54 Å². The molecule has 2 aromatic rings. The van der Waals surface area contributed by atoms with E-state index in [9.17, 15) is 9.59 Å². The Morgan fingerprint density at radius 2 is 2.35 bits per heavy atom. The SMILES string of the molecule is O=C(O)c1ccc(CNc2cc(=O)[nH]cn2)o1. The van der Waals surface area contributed by atoms with E-state index >= 15 is 0 Å². The van der Waals surface area contributed by atoms with Crippen LogP contribution in [0.25, 0.3) is 0 Å². The minimum atomic E-state index is -1.12. The zero-order chi connectivity index (χ0) is 12.3. The molecule has 0 saturated carbocycles. The van der Waals surface area contributed by atoms with Crippen molar-refractivity contribution in [3.05, 3.63) is 46.4 Å². The van der Waals surface area contributed by atoms with Crippen molar-refractivity contribution in [2.24, 2.45) is 0 Å². The van der Waals surface area contributed by atoms with Crippen molar-refractivity contribution in [1.82, 2.24) is 9.97 Å². The minimum Gasteiger partial charge on any atom is -0.475 e. The first-order valence-electron chi connectivity index (χ1n) is 4.76. The molecule has 0 fully saturated rings. The second-order valence-electron chi connectivity index (χ2n) is 3.22. The highest BCUT2D eigenvalue weighted by Gasteiger charge is 2.08. The molecule has 0 atom stereocenters. The van der Waals surface area contributed by atoms with Gasteiger partial charge in [-0.2, -0.15) is 0 Å². The van der Waals surface area contributed by atoms with Crippen LogP contribution in [0.15, 0.2) is 33.7 Å². The van der Waals surface area contributed by atoms with Gasteiger partial charge in [-0.15, -0.1) is 0 Å². The van der Waals surface area contributed by atoms with E-state index in [4.69, 9.17) is 9.52 Å². The van der Waals surface area contributed by atoms with E-state index in [0.29, 0.717) is 11.6 Å². The second kappa shape index (κ2) is 4.52. The molecule has 88 valence electrons. The van der Waals surface area contributed by atoms with Crippen molar-refractivity contribution in [2.75, 3.05) is 5.32 Å². The molecule has 2 aromatic heterocycles. The summed E-state index contributed by atoms with van der Waals surface area (Å²) in [6.07, 6.45) is 1.27. The quantitative estimate of drug-likeness (QED) is 0.718. The number of rotatable bonds is 4. The van der Waals surface area contributed by atoms with Gasteiger partial charge in [-0.05, 0) is 12.1 Å². The molecule has 0 amide bonds. The number of furan rings is 1. The smallest absolute Gasteiger partial charge is 0.371 e. The van der Waals surface area contributed by atoms with Crippen LogP contribution in [0.4, 0.5) is 5.82 Å². The summed E-state index contributed by atoms with van der Waals surface area (Å²) in [6, 6.07) is 4.20. The molecule has 7 nitrogen and oxygen atoms in total. The Bertz CT molecular complexity index is 587. The topological polar surface area (TPSA) is 108 Å². The molecule has 0 saturated heterocycles. The van der Waals surface area contributed by atoms with E-state index in [1.54, 1.807) is 6.07 Å². The third-order valence-electron chi connectivity index (χ3n) is 1.99. The molecule has 0 aromatic carbocycles. The summed E-state index contributed by atoms with van der Waals surface area (Å²) >= 11 is 0. The summed E-state index contributed by atoms with van der Waals surface area (Å²) in [5.41, 5.74) is -0.270. The van der Waals surface area contributed by atoms with Crippen LogP contribution in [-0.2, 0) is 6.54 Å². The molecule has 17 heavy (non-hydrogen) atoms. The van der Waals surface area contributed by atoms with E-state index < -0.39 is 5.97 Å². The number of H-pyrrole nitrogens is 1. The zero-order valence-electron chi connectivity index (χ0n) is 8.64. The van der Waals surface area contributed by atoms with Gasteiger partial charge in [0, 0.05) is 6.07 Å². The predicted molar refractivity (Wildman–Crippen MR) is 57.9 cm³/mol. The van der Waals surface area contributed by atoms with Crippen LogP contribution in [0.3, 0.4) is 0 Å². The van der Waals surface area contributed by atoms with Gasteiger partial charge in [-0.3, -0.25) is 4.79 Å². The number of hydrogen-bond donors (Lipinski definition) is 3.